The predicted octanol–water partition coefficient (Wildman–Crippen LogP) is 2.25. The lowest BCUT2D eigenvalue weighted by Gasteiger charge is -2.31. The molecule has 0 bridgehead atoms. The number of carbonyl (C=O) groups excluding carboxylic acids is 2. The van der Waals surface area contributed by atoms with Crippen LogP contribution >= 0.6 is 0 Å². The van der Waals surface area contributed by atoms with Gasteiger partial charge < -0.3 is 20.3 Å². The van der Waals surface area contributed by atoms with Crippen LogP contribution in [0.2, 0.25) is 0 Å². The Morgan fingerprint density at radius 2 is 2.12 bits per heavy atom. The first kappa shape index (κ1) is 18.4. The van der Waals surface area contributed by atoms with Gasteiger partial charge in [0.1, 0.15) is 6.61 Å². The third-order valence-corrected chi connectivity index (χ3v) is 4.38. The zero-order chi connectivity index (χ0) is 17.5. The van der Waals surface area contributed by atoms with Crippen LogP contribution in [0, 0.1) is 12.8 Å². The molecule has 132 valence electrons. The molecule has 1 atom stereocenters. The van der Waals surface area contributed by atoms with Crippen molar-refractivity contribution in [2.45, 2.75) is 26.7 Å². The molecule has 1 aromatic rings. The molecule has 0 radical (unpaired) electrons. The fourth-order valence-electron chi connectivity index (χ4n) is 2.95. The van der Waals surface area contributed by atoms with E-state index in [1.807, 2.05) is 19.1 Å². The summed E-state index contributed by atoms with van der Waals surface area (Å²) in [5.41, 5.74) is 2.36. The van der Waals surface area contributed by atoms with Gasteiger partial charge in [0.25, 0.3) is 0 Å². The summed E-state index contributed by atoms with van der Waals surface area (Å²) < 4.78 is 4.81. The molecule has 1 fully saturated rings. The Bertz CT molecular complexity index is 589. The maximum Gasteiger partial charge on any atom is 0.250 e. The van der Waals surface area contributed by atoms with Crippen molar-refractivity contribution in [2.75, 3.05) is 44.0 Å². The molecule has 2 rings (SSSR count). The van der Waals surface area contributed by atoms with Gasteiger partial charge in [-0.05, 0) is 50.6 Å². The molecule has 1 saturated heterocycles. The predicted molar refractivity (Wildman–Crippen MR) is 95.2 cm³/mol. The van der Waals surface area contributed by atoms with E-state index in [9.17, 15) is 9.59 Å². The summed E-state index contributed by atoms with van der Waals surface area (Å²) in [6.07, 6.45) is 1.98. The first-order chi connectivity index (χ1) is 11.5. The SMILES string of the molecule is CCN1CCCC(C(=O)Nc2cc(NC(=O)COC)ccc2C)C1. The van der Waals surface area contributed by atoms with E-state index in [-0.39, 0.29) is 24.3 Å². The van der Waals surface area contributed by atoms with Gasteiger partial charge in [-0.15, -0.1) is 0 Å². The minimum absolute atomic E-state index is 0.00446. The highest BCUT2D eigenvalue weighted by Gasteiger charge is 2.25. The third-order valence-electron chi connectivity index (χ3n) is 4.38. The number of rotatable bonds is 6. The van der Waals surface area contributed by atoms with Crippen molar-refractivity contribution in [2.24, 2.45) is 5.92 Å². The second-order valence-electron chi connectivity index (χ2n) is 6.23. The molecule has 24 heavy (non-hydrogen) atoms. The summed E-state index contributed by atoms with van der Waals surface area (Å²) in [6.45, 7) is 6.92. The van der Waals surface area contributed by atoms with Gasteiger partial charge in [0.2, 0.25) is 11.8 Å². The van der Waals surface area contributed by atoms with E-state index >= 15 is 0 Å². The quantitative estimate of drug-likeness (QED) is 0.838. The zero-order valence-corrected chi connectivity index (χ0v) is 14.7. The molecule has 0 saturated carbocycles. The lowest BCUT2D eigenvalue weighted by molar-refractivity contribution is -0.121. The lowest BCUT2D eigenvalue weighted by Crippen LogP contribution is -2.40. The number of anilines is 2. The van der Waals surface area contributed by atoms with Crippen LogP contribution in [0.15, 0.2) is 18.2 Å². The van der Waals surface area contributed by atoms with E-state index in [1.54, 1.807) is 6.07 Å². The largest absolute Gasteiger partial charge is 0.375 e. The Balaban J connectivity index is 2.02. The van der Waals surface area contributed by atoms with Crippen molar-refractivity contribution in [3.8, 4) is 0 Å². The van der Waals surface area contributed by atoms with Crippen LogP contribution in [0.5, 0.6) is 0 Å². The van der Waals surface area contributed by atoms with E-state index in [4.69, 9.17) is 4.74 Å². The highest BCUT2D eigenvalue weighted by molar-refractivity contribution is 5.96. The van der Waals surface area contributed by atoms with E-state index in [2.05, 4.69) is 22.5 Å². The maximum atomic E-state index is 12.6. The molecule has 1 unspecified atom stereocenters. The van der Waals surface area contributed by atoms with Gasteiger partial charge in [-0.3, -0.25) is 9.59 Å². The van der Waals surface area contributed by atoms with Gasteiger partial charge in [0, 0.05) is 25.0 Å². The average molecular weight is 333 g/mol. The highest BCUT2D eigenvalue weighted by atomic mass is 16.5. The van der Waals surface area contributed by atoms with Crippen LogP contribution in [0.25, 0.3) is 0 Å². The summed E-state index contributed by atoms with van der Waals surface area (Å²) in [4.78, 5) is 26.5. The average Bonchev–Trinajstić information content (AvgIpc) is 2.58. The number of amides is 2. The van der Waals surface area contributed by atoms with E-state index in [1.165, 1.54) is 7.11 Å². The molecule has 2 amide bonds. The van der Waals surface area contributed by atoms with Crippen LogP contribution in [0.3, 0.4) is 0 Å². The minimum atomic E-state index is -0.218. The van der Waals surface area contributed by atoms with Crippen LogP contribution < -0.4 is 10.6 Å². The normalized spacial score (nSPS) is 18.2. The molecule has 0 aliphatic carbocycles. The molecular formula is C18H27N3O3. The number of benzene rings is 1. The lowest BCUT2D eigenvalue weighted by atomic mass is 9.97. The summed E-state index contributed by atoms with van der Waals surface area (Å²) in [6, 6.07) is 5.50. The van der Waals surface area contributed by atoms with Crippen LogP contribution in [-0.4, -0.2) is 50.1 Å². The van der Waals surface area contributed by atoms with Gasteiger partial charge >= 0.3 is 0 Å². The molecule has 1 aromatic carbocycles. The fourth-order valence-corrected chi connectivity index (χ4v) is 2.95. The number of hydrogen-bond donors (Lipinski definition) is 2. The Labute approximate surface area is 143 Å². The summed E-state index contributed by atoms with van der Waals surface area (Å²) in [5, 5.41) is 5.78. The van der Waals surface area contributed by atoms with Gasteiger partial charge in [0.15, 0.2) is 0 Å². The second-order valence-corrected chi connectivity index (χ2v) is 6.23. The Kier molecular flexibility index (Phi) is 6.75. The topological polar surface area (TPSA) is 70.7 Å². The first-order valence-electron chi connectivity index (χ1n) is 8.46. The van der Waals surface area contributed by atoms with Gasteiger partial charge in [-0.2, -0.15) is 0 Å². The molecule has 1 aliphatic heterocycles. The van der Waals surface area contributed by atoms with Crippen molar-refractivity contribution in [1.82, 2.24) is 4.90 Å². The number of nitrogens with zero attached hydrogens (tertiary/aromatic N) is 1. The highest BCUT2D eigenvalue weighted by Crippen LogP contribution is 2.23. The molecule has 1 heterocycles. The summed E-state index contributed by atoms with van der Waals surface area (Å²) >= 11 is 0. The van der Waals surface area contributed by atoms with Crippen molar-refractivity contribution < 1.29 is 14.3 Å². The van der Waals surface area contributed by atoms with E-state index in [0.29, 0.717) is 5.69 Å². The minimum Gasteiger partial charge on any atom is -0.375 e. The zero-order valence-electron chi connectivity index (χ0n) is 14.7. The third kappa shape index (κ3) is 5.04. The van der Waals surface area contributed by atoms with Crippen molar-refractivity contribution >= 4 is 23.2 Å². The maximum absolute atomic E-state index is 12.6. The summed E-state index contributed by atoms with van der Waals surface area (Å²) in [5.74, 6) is -0.147. The number of likely N-dealkylation sites (tertiary alicyclic amines) is 1. The monoisotopic (exact) mass is 333 g/mol. The number of carbonyl (C=O) groups is 2. The summed E-state index contributed by atoms with van der Waals surface area (Å²) in [7, 11) is 1.48. The number of aryl methyl sites for hydroxylation is 1. The smallest absolute Gasteiger partial charge is 0.250 e. The Hall–Kier alpha value is -1.92. The van der Waals surface area contributed by atoms with E-state index < -0.39 is 0 Å². The molecule has 2 N–H and O–H groups in total. The molecule has 0 spiro atoms. The van der Waals surface area contributed by atoms with Crippen LogP contribution in [0.1, 0.15) is 25.3 Å². The van der Waals surface area contributed by atoms with Gasteiger partial charge in [-0.25, -0.2) is 0 Å². The van der Waals surface area contributed by atoms with Gasteiger partial charge in [0.05, 0.1) is 5.92 Å². The van der Waals surface area contributed by atoms with Crippen LogP contribution in [-0.2, 0) is 14.3 Å². The van der Waals surface area contributed by atoms with Crippen molar-refractivity contribution in [3.05, 3.63) is 23.8 Å². The van der Waals surface area contributed by atoms with Crippen LogP contribution in [0.4, 0.5) is 11.4 Å². The van der Waals surface area contributed by atoms with Crippen molar-refractivity contribution in [3.63, 3.8) is 0 Å². The van der Waals surface area contributed by atoms with Crippen molar-refractivity contribution in [1.29, 1.82) is 0 Å². The molecule has 1 aliphatic rings. The Morgan fingerprint density at radius 1 is 1.33 bits per heavy atom. The standard InChI is InChI=1S/C18H27N3O3/c1-4-21-9-5-6-14(11-21)18(23)20-16-10-15(8-7-13(16)2)19-17(22)12-24-3/h7-8,10,14H,4-6,9,11-12H2,1-3H3,(H,19,22)(H,20,23). The number of nitrogens with one attached hydrogen (secondary N) is 2. The van der Waals surface area contributed by atoms with E-state index in [0.717, 1.165) is 43.7 Å². The number of methoxy groups -OCH3 is 1. The Morgan fingerprint density at radius 3 is 2.83 bits per heavy atom. The number of ether oxygens (including phenoxy) is 1. The second kappa shape index (κ2) is 8.80. The molecular weight excluding hydrogens is 306 g/mol. The fraction of sp³-hybridized carbons (Fsp3) is 0.556. The van der Waals surface area contributed by atoms with Gasteiger partial charge in [-0.1, -0.05) is 13.0 Å². The molecule has 0 aromatic heterocycles. The number of hydrogen-bond acceptors (Lipinski definition) is 4. The molecule has 6 heteroatoms. The number of piperidine rings is 1. The molecule has 6 nitrogen and oxygen atoms in total. The first-order valence-corrected chi connectivity index (χ1v) is 8.46.